The Balaban J connectivity index is 2.28. The maximum Gasteiger partial charge on any atom is 0.166 e. The van der Waals surface area contributed by atoms with E-state index in [2.05, 4.69) is 0 Å². The number of hydrogen-bond donors (Lipinski definition) is 2. The van der Waals surface area contributed by atoms with Crippen molar-refractivity contribution in [2.75, 3.05) is 0 Å². The lowest BCUT2D eigenvalue weighted by atomic mass is 10.2. The first-order chi connectivity index (χ1) is 8.97. The predicted octanol–water partition coefficient (Wildman–Crippen LogP) is 4.21. The smallest absolute Gasteiger partial charge is 0.166 e. The molecule has 0 aliphatic heterocycles. The maximum absolute atomic E-state index is 13.7. The number of ether oxygens (including phenoxy) is 1. The van der Waals surface area contributed by atoms with E-state index in [0.717, 1.165) is 6.07 Å². The summed E-state index contributed by atoms with van der Waals surface area (Å²) < 4.78 is 19.1. The third-order valence-corrected chi connectivity index (χ3v) is 3.10. The predicted molar refractivity (Wildman–Crippen MR) is 74.0 cm³/mol. The Hall–Kier alpha value is -1.78. The van der Waals surface area contributed by atoms with Gasteiger partial charge in [0.1, 0.15) is 11.6 Å². The first-order valence-electron chi connectivity index (χ1n) is 5.24. The van der Waals surface area contributed by atoms with Crippen molar-refractivity contribution in [2.45, 2.75) is 0 Å². The van der Waals surface area contributed by atoms with Gasteiger partial charge in [0, 0.05) is 11.6 Å². The molecule has 0 saturated heterocycles. The molecule has 0 spiro atoms. The van der Waals surface area contributed by atoms with Crippen LogP contribution in [0.25, 0.3) is 0 Å². The van der Waals surface area contributed by atoms with Crippen LogP contribution in [0.5, 0.6) is 11.5 Å². The summed E-state index contributed by atoms with van der Waals surface area (Å²) in [6.45, 7) is 0. The minimum absolute atomic E-state index is 0.0170. The van der Waals surface area contributed by atoms with Crippen LogP contribution in [0.15, 0.2) is 36.4 Å². The molecule has 0 heterocycles. The minimum Gasteiger partial charge on any atom is -0.454 e. The van der Waals surface area contributed by atoms with Gasteiger partial charge in [-0.15, -0.1) is 0 Å². The third kappa shape index (κ3) is 3.16. The fraction of sp³-hybridized carbons (Fsp3) is 0. The molecule has 2 aromatic carbocycles. The topological polar surface area (TPSA) is 59.1 Å². The Kier molecular flexibility index (Phi) is 3.93. The molecule has 0 amide bonds. The van der Waals surface area contributed by atoms with Crippen LogP contribution in [0.3, 0.4) is 0 Å². The van der Waals surface area contributed by atoms with E-state index in [4.69, 9.17) is 39.1 Å². The average Bonchev–Trinajstić information content (AvgIpc) is 2.36. The van der Waals surface area contributed by atoms with E-state index in [0.29, 0.717) is 21.4 Å². The molecular formula is C13H9Cl2FN2O. The summed E-state index contributed by atoms with van der Waals surface area (Å²) in [6.07, 6.45) is 0. The highest BCUT2D eigenvalue weighted by Crippen LogP contribution is 2.30. The SMILES string of the molecule is N=C(N)c1ccc(Oc2ccc(Cl)c(Cl)c2)c(F)c1. The molecule has 98 valence electrons. The van der Waals surface area contributed by atoms with Gasteiger partial charge in [0.05, 0.1) is 10.0 Å². The van der Waals surface area contributed by atoms with E-state index >= 15 is 0 Å². The van der Waals surface area contributed by atoms with Crippen LogP contribution < -0.4 is 10.5 Å². The second-order valence-corrected chi connectivity index (χ2v) is 4.55. The van der Waals surface area contributed by atoms with Crippen LogP contribution in [-0.4, -0.2) is 5.84 Å². The Bertz CT molecular complexity index is 647. The number of nitrogens with one attached hydrogen (secondary N) is 1. The van der Waals surface area contributed by atoms with Crippen LogP contribution >= 0.6 is 23.2 Å². The summed E-state index contributed by atoms with van der Waals surface area (Å²) in [6, 6.07) is 8.65. The summed E-state index contributed by atoms with van der Waals surface area (Å²) >= 11 is 11.6. The van der Waals surface area contributed by atoms with Gasteiger partial charge in [-0.2, -0.15) is 0 Å². The molecule has 3 nitrogen and oxygen atoms in total. The van der Waals surface area contributed by atoms with Crippen molar-refractivity contribution in [3.63, 3.8) is 0 Å². The number of nitrogen functional groups attached to an aromatic ring is 1. The molecule has 2 aromatic rings. The zero-order chi connectivity index (χ0) is 14.0. The van der Waals surface area contributed by atoms with E-state index < -0.39 is 5.82 Å². The van der Waals surface area contributed by atoms with E-state index in [1.807, 2.05) is 0 Å². The fourth-order valence-electron chi connectivity index (χ4n) is 1.42. The quantitative estimate of drug-likeness (QED) is 0.659. The number of hydrogen-bond acceptors (Lipinski definition) is 2. The molecule has 3 N–H and O–H groups in total. The van der Waals surface area contributed by atoms with Crippen LogP contribution in [0.2, 0.25) is 10.0 Å². The Labute approximate surface area is 119 Å². The third-order valence-electron chi connectivity index (χ3n) is 2.36. The van der Waals surface area contributed by atoms with E-state index in [-0.39, 0.29) is 11.6 Å². The molecule has 0 bridgehead atoms. The van der Waals surface area contributed by atoms with Crippen molar-refractivity contribution < 1.29 is 9.13 Å². The van der Waals surface area contributed by atoms with Crippen LogP contribution in [0.1, 0.15) is 5.56 Å². The normalized spacial score (nSPS) is 10.3. The minimum atomic E-state index is -0.612. The molecule has 19 heavy (non-hydrogen) atoms. The standard InChI is InChI=1S/C13H9Cl2FN2O/c14-9-3-2-8(6-10(9)15)19-12-4-1-7(13(17)18)5-11(12)16/h1-6H,(H3,17,18). The van der Waals surface area contributed by atoms with Crippen molar-refractivity contribution in [3.8, 4) is 11.5 Å². The van der Waals surface area contributed by atoms with E-state index in [1.54, 1.807) is 12.1 Å². The molecule has 0 atom stereocenters. The van der Waals surface area contributed by atoms with Gasteiger partial charge in [-0.1, -0.05) is 23.2 Å². The highest BCUT2D eigenvalue weighted by Gasteiger charge is 2.08. The first-order valence-corrected chi connectivity index (χ1v) is 6.00. The van der Waals surface area contributed by atoms with Gasteiger partial charge in [-0.25, -0.2) is 4.39 Å². The van der Waals surface area contributed by atoms with Gasteiger partial charge in [-0.3, -0.25) is 5.41 Å². The average molecular weight is 299 g/mol. The van der Waals surface area contributed by atoms with E-state index in [1.165, 1.54) is 18.2 Å². The number of halogens is 3. The number of nitrogens with two attached hydrogens (primary N) is 1. The highest BCUT2D eigenvalue weighted by molar-refractivity contribution is 6.42. The zero-order valence-corrected chi connectivity index (χ0v) is 11.1. The molecule has 0 saturated carbocycles. The summed E-state index contributed by atoms with van der Waals surface area (Å²) in [4.78, 5) is 0. The van der Waals surface area contributed by atoms with Gasteiger partial charge in [0.2, 0.25) is 0 Å². The first kappa shape index (κ1) is 13.6. The zero-order valence-electron chi connectivity index (χ0n) is 9.58. The second-order valence-electron chi connectivity index (χ2n) is 3.74. The van der Waals surface area contributed by atoms with Gasteiger partial charge < -0.3 is 10.5 Å². The second kappa shape index (κ2) is 5.47. The van der Waals surface area contributed by atoms with Gasteiger partial charge in [-0.05, 0) is 30.3 Å². The number of amidine groups is 1. The van der Waals surface area contributed by atoms with Crippen LogP contribution in [0, 0.1) is 11.2 Å². The van der Waals surface area contributed by atoms with Crippen LogP contribution in [-0.2, 0) is 0 Å². The summed E-state index contributed by atoms with van der Waals surface area (Å²) in [5.41, 5.74) is 5.56. The molecule has 0 unspecified atom stereocenters. The molecule has 0 aromatic heterocycles. The van der Waals surface area contributed by atoms with Crippen molar-refractivity contribution in [2.24, 2.45) is 5.73 Å². The van der Waals surface area contributed by atoms with Gasteiger partial charge in [0.25, 0.3) is 0 Å². The van der Waals surface area contributed by atoms with Crippen molar-refractivity contribution >= 4 is 29.0 Å². The lowest BCUT2D eigenvalue weighted by molar-refractivity contribution is 0.442. The number of benzene rings is 2. The lowest BCUT2D eigenvalue weighted by Gasteiger charge is -2.08. The molecule has 6 heteroatoms. The van der Waals surface area contributed by atoms with Gasteiger partial charge >= 0.3 is 0 Å². The number of rotatable bonds is 3. The summed E-state index contributed by atoms with van der Waals surface area (Å²) in [5.74, 6) is -0.439. The van der Waals surface area contributed by atoms with Crippen LogP contribution in [0.4, 0.5) is 4.39 Å². The fourth-order valence-corrected chi connectivity index (χ4v) is 1.71. The Morgan fingerprint density at radius 3 is 2.42 bits per heavy atom. The molecular weight excluding hydrogens is 290 g/mol. The highest BCUT2D eigenvalue weighted by atomic mass is 35.5. The molecule has 0 aliphatic rings. The molecule has 2 rings (SSSR count). The van der Waals surface area contributed by atoms with Gasteiger partial charge in [0.15, 0.2) is 11.6 Å². The maximum atomic E-state index is 13.7. The van der Waals surface area contributed by atoms with Crippen molar-refractivity contribution in [3.05, 3.63) is 57.8 Å². The van der Waals surface area contributed by atoms with E-state index in [9.17, 15) is 4.39 Å². The summed E-state index contributed by atoms with van der Waals surface area (Å²) in [7, 11) is 0. The molecule has 0 radical (unpaired) electrons. The Morgan fingerprint density at radius 1 is 1.11 bits per heavy atom. The molecule has 0 aliphatic carbocycles. The van der Waals surface area contributed by atoms with Crippen molar-refractivity contribution in [1.29, 1.82) is 5.41 Å². The lowest BCUT2D eigenvalue weighted by Crippen LogP contribution is -2.11. The largest absolute Gasteiger partial charge is 0.454 e. The monoisotopic (exact) mass is 298 g/mol. The summed E-state index contributed by atoms with van der Waals surface area (Å²) in [5, 5.41) is 7.92. The Morgan fingerprint density at radius 2 is 1.84 bits per heavy atom. The molecule has 0 fully saturated rings. The van der Waals surface area contributed by atoms with Crippen molar-refractivity contribution in [1.82, 2.24) is 0 Å².